The van der Waals surface area contributed by atoms with Crippen molar-refractivity contribution in [3.05, 3.63) is 61.4 Å². The van der Waals surface area contributed by atoms with Crippen LogP contribution >= 0.6 is 39.0 Å². The first-order valence-corrected chi connectivity index (χ1v) is 10.4. The van der Waals surface area contributed by atoms with E-state index in [0.29, 0.717) is 22.2 Å². The largest absolute Gasteiger partial charge is 0.324 e. The molecule has 2 aromatic heterocycles. The normalized spacial score (nSPS) is 11.0. The van der Waals surface area contributed by atoms with Gasteiger partial charge < -0.3 is 5.32 Å². The molecule has 8 heteroatoms. The Morgan fingerprint density at radius 3 is 2.92 bits per heavy atom. The van der Waals surface area contributed by atoms with E-state index in [9.17, 15) is 9.59 Å². The zero-order chi connectivity index (χ0) is 18.0. The fourth-order valence-corrected chi connectivity index (χ4v) is 4.53. The highest BCUT2D eigenvalue weighted by Crippen LogP contribution is 2.23. The van der Waals surface area contributed by atoms with Crippen LogP contribution in [0.15, 0.2) is 38.9 Å². The molecule has 0 saturated heterocycles. The number of nitrogens with one attached hydrogen (secondary N) is 1. The molecule has 0 atom stereocenters. The zero-order valence-corrected chi connectivity index (χ0v) is 16.9. The minimum absolute atomic E-state index is 0.0765. The topological polar surface area (TPSA) is 63.5 Å². The summed E-state index contributed by atoms with van der Waals surface area (Å²) in [6.45, 7) is 3.88. The van der Waals surface area contributed by atoms with Gasteiger partial charge in [0.1, 0.15) is 0 Å². The van der Waals surface area contributed by atoms with E-state index in [-0.39, 0.29) is 11.5 Å². The van der Waals surface area contributed by atoms with Crippen LogP contribution in [-0.4, -0.2) is 21.0 Å². The predicted octanol–water partition coefficient (Wildman–Crippen LogP) is 4.01. The lowest BCUT2D eigenvalue weighted by Crippen LogP contribution is -2.16. The number of nitrogens with zero attached hydrogens (tertiary/aromatic N) is 2. The predicted molar refractivity (Wildman–Crippen MR) is 108 cm³/mol. The first kappa shape index (κ1) is 18.2. The molecule has 0 saturated carbocycles. The average Bonchev–Trinajstić information content (AvgIpc) is 2.92. The molecule has 0 spiro atoms. The highest BCUT2D eigenvalue weighted by Gasteiger charge is 2.09. The Hall–Kier alpha value is -1.64. The molecule has 3 rings (SSSR count). The molecule has 1 amide bonds. The number of benzene rings is 1. The summed E-state index contributed by atoms with van der Waals surface area (Å²) in [5.74, 6) is 0.732. The van der Waals surface area contributed by atoms with Gasteiger partial charge in [0, 0.05) is 27.4 Å². The number of rotatable bonds is 5. The summed E-state index contributed by atoms with van der Waals surface area (Å²) in [7, 11) is 0. The Morgan fingerprint density at radius 2 is 2.16 bits per heavy atom. The van der Waals surface area contributed by atoms with Crippen LogP contribution in [0.3, 0.4) is 0 Å². The minimum atomic E-state index is -0.0840. The molecule has 0 unspecified atom stereocenters. The van der Waals surface area contributed by atoms with Crippen LogP contribution in [0, 0.1) is 13.8 Å². The van der Waals surface area contributed by atoms with E-state index in [1.165, 1.54) is 29.2 Å². The first-order chi connectivity index (χ1) is 11.9. The molecule has 0 aliphatic heterocycles. The van der Waals surface area contributed by atoms with Crippen molar-refractivity contribution in [3.8, 4) is 0 Å². The zero-order valence-electron chi connectivity index (χ0n) is 13.7. The second kappa shape index (κ2) is 7.72. The van der Waals surface area contributed by atoms with Gasteiger partial charge in [-0.25, -0.2) is 4.98 Å². The molecule has 25 heavy (non-hydrogen) atoms. The molecular weight excluding hydrogens is 422 g/mol. The van der Waals surface area contributed by atoms with Gasteiger partial charge in [-0.2, -0.15) is 0 Å². The Bertz CT molecular complexity index is 997. The summed E-state index contributed by atoms with van der Waals surface area (Å²) in [4.78, 5) is 29.4. The minimum Gasteiger partial charge on any atom is -0.324 e. The number of hydrogen-bond acceptors (Lipinski definition) is 5. The molecule has 130 valence electrons. The molecule has 0 aliphatic carbocycles. The molecular formula is C17H16BrN3O2S2. The number of fused-ring (bicyclic) bond motifs is 1. The van der Waals surface area contributed by atoms with E-state index < -0.39 is 0 Å². The first-order valence-electron chi connectivity index (χ1n) is 7.54. The van der Waals surface area contributed by atoms with Crippen molar-refractivity contribution in [2.24, 2.45) is 0 Å². The lowest BCUT2D eigenvalue weighted by Gasteiger charge is -2.08. The Labute approximate surface area is 161 Å². The number of carbonyl (C=O) groups excluding carboxylic acids is 1. The van der Waals surface area contributed by atoms with Crippen molar-refractivity contribution in [2.45, 2.75) is 19.6 Å². The number of carbonyl (C=O) groups is 1. The lowest BCUT2D eigenvalue weighted by molar-refractivity contribution is -0.113. The molecule has 2 heterocycles. The van der Waals surface area contributed by atoms with Crippen LogP contribution in [-0.2, 0) is 10.5 Å². The van der Waals surface area contributed by atoms with Crippen molar-refractivity contribution >= 4 is 55.6 Å². The molecule has 1 aromatic carbocycles. The van der Waals surface area contributed by atoms with Crippen LogP contribution in [0.5, 0.6) is 0 Å². The van der Waals surface area contributed by atoms with Crippen LogP contribution in [0.4, 0.5) is 5.69 Å². The van der Waals surface area contributed by atoms with E-state index >= 15 is 0 Å². The number of aryl methyl sites for hydroxylation is 2. The SMILES string of the molecule is Cc1ccc(NC(=O)CSCc2cc(=O)n3c(C)csc3n2)c(Br)c1. The Balaban J connectivity index is 1.59. The number of amides is 1. The van der Waals surface area contributed by atoms with Gasteiger partial charge in [-0.05, 0) is 47.5 Å². The van der Waals surface area contributed by atoms with Crippen molar-refractivity contribution in [2.75, 3.05) is 11.1 Å². The Kier molecular flexibility index (Phi) is 5.61. The highest BCUT2D eigenvalue weighted by atomic mass is 79.9. The van der Waals surface area contributed by atoms with E-state index in [0.717, 1.165) is 21.4 Å². The molecule has 0 aliphatic rings. The molecule has 0 fully saturated rings. The number of hydrogen-bond donors (Lipinski definition) is 1. The van der Waals surface area contributed by atoms with Crippen LogP contribution < -0.4 is 10.9 Å². The van der Waals surface area contributed by atoms with Crippen molar-refractivity contribution in [1.29, 1.82) is 0 Å². The van der Waals surface area contributed by atoms with E-state index in [4.69, 9.17) is 0 Å². The summed E-state index contributed by atoms with van der Waals surface area (Å²) in [6, 6.07) is 7.31. The van der Waals surface area contributed by atoms with Crippen LogP contribution in [0.2, 0.25) is 0 Å². The molecule has 0 radical (unpaired) electrons. The number of anilines is 1. The Morgan fingerprint density at radius 1 is 1.36 bits per heavy atom. The number of aromatic nitrogens is 2. The highest BCUT2D eigenvalue weighted by molar-refractivity contribution is 9.10. The third-order valence-corrected chi connectivity index (χ3v) is 6.08. The summed E-state index contributed by atoms with van der Waals surface area (Å²) in [6.07, 6.45) is 0. The van der Waals surface area contributed by atoms with E-state index in [2.05, 4.69) is 26.2 Å². The summed E-state index contributed by atoms with van der Waals surface area (Å²) in [5.41, 5.74) is 3.38. The third-order valence-electron chi connectivity index (χ3n) is 3.51. The fraction of sp³-hybridized carbons (Fsp3) is 0.235. The van der Waals surface area contributed by atoms with Crippen molar-refractivity contribution < 1.29 is 4.79 Å². The monoisotopic (exact) mass is 437 g/mol. The number of thioether (sulfide) groups is 1. The number of halogens is 1. The van der Waals surface area contributed by atoms with Gasteiger partial charge in [0.2, 0.25) is 5.91 Å². The van der Waals surface area contributed by atoms with E-state index in [1.54, 1.807) is 4.40 Å². The molecule has 0 bridgehead atoms. The van der Waals surface area contributed by atoms with Gasteiger partial charge in [0.15, 0.2) is 4.96 Å². The maximum absolute atomic E-state index is 12.1. The third kappa shape index (κ3) is 4.31. The van der Waals surface area contributed by atoms with Crippen molar-refractivity contribution in [1.82, 2.24) is 9.38 Å². The molecule has 3 aromatic rings. The maximum Gasteiger partial charge on any atom is 0.258 e. The van der Waals surface area contributed by atoms with Crippen LogP contribution in [0.25, 0.3) is 4.96 Å². The quantitative estimate of drug-likeness (QED) is 0.654. The van der Waals surface area contributed by atoms with Gasteiger partial charge in [-0.15, -0.1) is 23.1 Å². The van der Waals surface area contributed by atoms with Gasteiger partial charge in [0.25, 0.3) is 5.56 Å². The second-order valence-corrected chi connectivity index (χ2v) is 8.28. The van der Waals surface area contributed by atoms with Crippen molar-refractivity contribution in [3.63, 3.8) is 0 Å². The summed E-state index contributed by atoms with van der Waals surface area (Å²) >= 11 is 6.32. The standard InChI is InChI=1S/C17H16BrN3O2S2/c1-10-3-4-14(13(18)5-10)20-15(22)9-24-8-12-6-16(23)21-11(2)7-25-17(21)19-12/h3-7H,8-9H2,1-2H3,(H,20,22). The van der Waals surface area contributed by atoms with Gasteiger partial charge >= 0.3 is 0 Å². The molecule has 5 nitrogen and oxygen atoms in total. The van der Waals surface area contributed by atoms with E-state index in [1.807, 2.05) is 37.4 Å². The smallest absolute Gasteiger partial charge is 0.258 e. The molecule has 1 N–H and O–H groups in total. The van der Waals surface area contributed by atoms with Gasteiger partial charge in [-0.3, -0.25) is 14.0 Å². The maximum atomic E-state index is 12.1. The number of thiazole rings is 1. The lowest BCUT2D eigenvalue weighted by atomic mass is 10.2. The van der Waals surface area contributed by atoms with Crippen LogP contribution in [0.1, 0.15) is 17.0 Å². The average molecular weight is 438 g/mol. The van der Waals surface area contributed by atoms with Gasteiger partial charge in [-0.1, -0.05) is 6.07 Å². The summed E-state index contributed by atoms with van der Waals surface area (Å²) < 4.78 is 2.46. The second-order valence-electron chi connectivity index (χ2n) is 5.61. The summed E-state index contributed by atoms with van der Waals surface area (Å²) in [5, 5.41) is 4.79. The van der Waals surface area contributed by atoms with Gasteiger partial charge in [0.05, 0.1) is 17.1 Å². The fourth-order valence-electron chi connectivity index (χ4n) is 2.33.